The Labute approximate surface area is 190 Å². The van der Waals surface area contributed by atoms with Crippen LogP contribution in [0.4, 0.5) is 4.79 Å². The molecule has 0 radical (unpaired) electrons. The Balaban J connectivity index is 1.43. The highest BCUT2D eigenvalue weighted by Gasteiger charge is 2.72. The number of carbonyl (C=O) groups is 3. The van der Waals surface area contributed by atoms with Crippen molar-refractivity contribution in [3.63, 3.8) is 0 Å². The van der Waals surface area contributed by atoms with E-state index in [2.05, 4.69) is 10.6 Å². The molecule has 10 nitrogen and oxygen atoms in total. The van der Waals surface area contributed by atoms with E-state index in [4.69, 9.17) is 15.2 Å². The number of rotatable bonds is 7. The highest BCUT2D eigenvalue weighted by molar-refractivity contribution is 6.25. The van der Waals surface area contributed by atoms with Crippen LogP contribution in [0.5, 0.6) is 5.75 Å². The predicted octanol–water partition coefficient (Wildman–Crippen LogP) is -0.0720. The molecule has 2 saturated heterocycles. The van der Waals surface area contributed by atoms with Gasteiger partial charge in [-0.1, -0.05) is 12.1 Å². The smallest absolute Gasteiger partial charge is 0.404 e. The SMILES string of the molecule is COC12[C@@H]3N[C@@H]3CN1C1=C(C(=O)C(NCCc3ccc(O)cc3)=C(C)C1=O)[C@@H]2COC(N)=O. The Kier molecular flexibility index (Phi) is 4.95. The topological polar surface area (TPSA) is 153 Å². The molecule has 3 aliphatic heterocycles. The Morgan fingerprint density at radius 3 is 2.70 bits per heavy atom. The van der Waals surface area contributed by atoms with E-state index in [1.54, 1.807) is 31.2 Å². The second-order valence-corrected chi connectivity index (χ2v) is 8.76. The van der Waals surface area contributed by atoms with Gasteiger partial charge in [0.05, 0.1) is 23.4 Å². The van der Waals surface area contributed by atoms with Crippen molar-refractivity contribution < 1.29 is 29.0 Å². The molecule has 3 heterocycles. The van der Waals surface area contributed by atoms with Gasteiger partial charge in [-0.2, -0.15) is 0 Å². The van der Waals surface area contributed by atoms with E-state index in [9.17, 15) is 19.5 Å². The van der Waals surface area contributed by atoms with Crippen molar-refractivity contribution in [2.75, 3.05) is 26.8 Å². The standard InChI is InChI=1S/C23H26N4O6/c1-11-17(25-8-7-12-3-5-13(28)6-4-12)20(30)16-14(10-33-22(24)31)23(32-2)21-15(26-21)9-27(23)18(16)19(11)29/h3-6,14-15,21,25-26,28H,7-10H2,1-2H3,(H2,24,31)/t14-,15+,21+,23?/m0/s1. The minimum Gasteiger partial charge on any atom is -0.508 e. The molecule has 1 unspecified atom stereocenters. The van der Waals surface area contributed by atoms with Gasteiger partial charge in [0.25, 0.3) is 0 Å². The fourth-order valence-electron chi connectivity index (χ4n) is 5.50. The normalized spacial score (nSPS) is 29.8. The molecule has 174 valence electrons. The molecular weight excluding hydrogens is 428 g/mol. The Hall–Kier alpha value is -3.37. The molecule has 0 saturated carbocycles. The summed E-state index contributed by atoms with van der Waals surface area (Å²) in [5.41, 5.74) is 6.42. The lowest BCUT2D eigenvalue weighted by atomic mass is 9.82. The molecule has 5 rings (SSSR count). The third-order valence-electron chi connectivity index (χ3n) is 7.08. The summed E-state index contributed by atoms with van der Waals surface area (Å²) in [7, 11) is 1.54. The third-order valence-corrected chi connectivity index (χ3v) is 7.08. The summed E-state index contributed by atoms with van der Waals surface area (Å²) in [5, 5.41) is 15.9. The van der Waals surface area contributed by atoms with Crippen LogP contribution in [0.25, 0.3) is 0 Å². The van der Waals surface area contributed by atoms with Gasteiger partial charge in [-0.25, -0.2) is 4.79 Å². The summed E-state index contributed by atoms with van der Waals surface area (Å²) in [6, 6.07) is 6.87. The van der Waals surface area contributed by atoms with Gasteiger partial charge < -0.3 is 35.8 Å². The number of aromatic hydroxyl groups is 1. The number of Topliss-reactive ketones (excluding diaryl/α,β-unsaturated/α-hetero) is 2. The maximum absolute atomic E-state index is 13.7. The molecule has 0 aromatic heterocycles. The number of piperazine rings is 1. The van der Waals surface area contributed by atoms with Gasteiger partial charge in [0.2, 0.25) is 11.6 Å². The number of amides is 1. The van der Waals surface area contributed by atoms with Crippen molar-refractivity contribution in [3.8, 4) is 5.75 Å². The second kappa shape index (κ2) is 7.60. The first-order valence-corrected chi connectivity index (χ1v) is 10.9. The number of nitrogens with one attached hydrogen (secondary N) is 2. The van der Waals surface area contributed by atoms with Gasteiger partial charge in [-0.15, -0.1) is 0 Å². The first-order chi connectivity index (χ1) is 15.8. The van der Waals surface area contributed by atoms with E-state index in [-0.39, 0.29) is 41.7 Å². The number of primary amides is 1. The zero-order valence-corrected chi connectivity index (χ0v) is 18.4. The van der Waals surface area contributed by atoms with Crippen LogP contribution >= 0.6 is 0 Å². The molecular formula is C23H26N4O6. The Morgan fingerprint density at radius 1 is 1.30 bits per heavy atom. The number of carbonyl (C=O) groups excluding carboxylic acids is 3. The molecule has 0 spiro atoms. The third kappa shape index (κ3) is 3.12. The zero-order valence-electron chi connectivity index (χ0n) is 18.4. The first-order valence-electron chi connectivity index (χ1n) is 10.9. The monoisotopic (exact) mass is 454 g/mol. The minimum atomic E-state index is -0.988. The zero-order chi connectivity index (χ0) is 23.5. The number of phenols is 1. The summed E-state index contributed by atoms with van der Waals surface area (Å²) < 4.78 is 11.1. The molecule has 1 aromatic rings. The number of fused-ring (bicyclic) bond motifs is 4. The number of allylic oxidation sites excluding steroid dienone is 2. The molecule has 0 bridgehead atoms. The highest BCUT2D eigenvalue weighted by atomic mass is 16.6. The Bertz CT molecular complexity index is 1110. The van der Waals surface area contributed by atoms with Crippen molar-refractivity contribution >= 4 is 17.7 Å². The molecule has 1 amide bonds. The second-order valence-electron chi connectivity index (χ2n) is 8.76. The Morgan fingerprint density at radius 2 is 2.03 bits per heavy atom. The van der Waals surface area contributed by atoms with Crippen LogP contribution in [0, 0.1) is 5.92 Å². The van der Waals surface area contributed by atoms with Crippen LogP contribution in [0.15, 0.2) is 46.8 Å². The molecule has 4 aliphatic rings. The van der Waals surface area contributed by atoms with Gasteiger partial charge in [-0.3, -0.25) is 9.59 Å². The fourth-order valence-corrected chi connectivity index (χ4v) is 5.50. The largest absolute Gasteiger partial charge is 0.508 e. The van der Waals surface area contributed by atoms with Crippen molar-refractivity contribution in [3.05, 3.63) is 52.4 Å². The van der Waals surface area contributed by atoms with E-state index in [0.29, 0.717) is 36.4 Å². The summed E-state index contributed by atoms with van der Waals surface area (Å²) in [6.45, 7) is 2.43. The van der Waals surface area contributed by atoms with Gasteiger partial charge in [0, 0.05) is 37.4 Å². The number of benzene rings is 1. The fraction of sp³-hybridized carbons (Fsp3) is 0.435. The maximum atomic E-state index is 13.7. The molecule has 4 atom stereocenters. The summed E-state index contributed by atoms with van der Waals surface area (Å²) in [4.78, 5) is 40.4. The molecule has 1 aromatic carbocycles. The number of hydrogen-bond acceptors (Lipinski definition) is 9. The molecule has 33 heavy (non-hydrogen) atoms. The number of ether oxygens (including phenoxy) is 2. The molecule has 5 N–H and O–H groups in total. The lowest BCUT2D eigenvalue weighted by Crippen LogP contribution is -2.55. The highest BCUT2D eigenvalue weighted by Crippen LogP contribution is 2.55. The molecule has 2 fully saturated rings. The lowest BCUT2D eigenvalue weighted by molar-refractivity contribution is -0.137. The van der Waals surface area contributed by atoms with Crippen molar-refractivity contribution in [2.24, 2.45) is 11.7 Å². The van der Waals surface area contributed by atoms with Crippen molar-refractivity contribution in [1.82, 2.24) is 15.5 Å². The van der Waals surface area contributed by atoms with E-state index >= 15 is 0 Å². The number of nitrogens with two attached hydrogens (primary N) is 1. The quantitative estimate of drug-likeness (QED) is 0.327. The molecule has 1 aliphatic carbocycles. The summed E-state index contributed by atoms with van der Waals surface area (Å²) in [6.07, 6.45) is -0.353. The first kappa shape index (κ1) is 21.5. The number of nitrogens with zero attached hydrogens (tertiary/aromatic N) is 1. The minimum absolute atomic E-state index is 0.0820. The number of methoxy groups -OCH3 is 1. The summed E-state index contributed by atoms with van der Waals surface area (Å²) >= 11 is 0. The van der Waals surface area contributed by atoms with E-state index < -0.39 is 17.7 Å². The maximum Gasteiger partial charge on any atom is 0.404 e. The molecule has 10 heteroatoms. The van der Waals surface area contributed by atoms with Crippen LogP contribution in [-0.2, 0) is 25.5 Å². The van der Waals surface area contributed by atoms with Gasteiger partial charge in [0.15, 0.2) is 5.72 Å². The van der Waals surface area contributed by atoms with Crippen LogP contribution < -0.4 is 16.4 Å². The van der Waals surface area contributed by atoms with Gasteiger partial charge in [0.1, 0.15) is 12.4 Å². The van der Waals surface area contributed by atoms with Crippen LogP contribution in [0.2, 0.25) is 0 Å². The van der Waals surface area contributed by atoms with Gasteiger partial charge in [-0.05, 0) is 31.0 Å². The van der Waals surface area contributed by atoms with E-state index in [0.717, 1.165) is 5.56 Å². The number of phenolic OH excluding ortho intramolecular Hbond substituents is 1. The number of hydrogen-bond donors (Lipinski definition) is 4. The summed E-state index contributed by atoms with van der Waals surface area (Å²) in [5.74, 6) is -1.01. The van der Waals surface area contributed by atoms with E-state index in [1.165, 1.54) is 7.11 Å². The lowest BCUT2D eigenvalue weighted by Gasteiger charge is -2.39. The average Bonchev–Trinajstić information content (AvgIpc) is 3.40. The van der Waals surface area contributed by atoms with E-state index in [1.807, 2.05) is 4.90 Å². The van der Waals surface area contributed by atoms with Crippen molar-refractivity contribution in [1.29, 1.82) is 0 Å². The van der Waals surface area contributed by atoms with Crippen molar-refractivity contribution in [2.45, 2.75) is 31.2 Å². The predicted molar refractivity (Wildman–Crippen MR) is 116 cm³/mol. The van der Waals surface area contributed by atoms with Crippen LogP contribution in [0.1, 0.15) is 12.5 Å². The van der Waals surface area contributed by atoms with Gasteiger partial charge >= 0.3 is 6.09 Å². The van der Waals surface area contributed by atoms with Crippen LogP contribution in [0.3, 0.4) is 0 Å². The van der Waals surface area contributed by atoms with Crippen LogP contribution in [-0.4, -0.2) is 72.3 Å². The average molecular weight is 454 g/mol. The number of ketones is 2.